The first-order chi connectivity index (χ1) is 28.3. The van der Waals surface area contributed by atoms with Crippen molar-refractivity contribution in [3.8, 4) is 10.4 Å². The smallest absolute Gasteiger partial charge is 0.265 e. The van der Waals surface area contributed by atoms with Crippen molar-refractivity contribution in [2.24, 2.45) is 5.41 Å². The summed E-state index contributed by atoms with van der Waals surface area (Å²) in [5.41, 5.74) is 11.6. The van der Waals surface area contributed by atoms with Crippen LogP contribution in [0.15, 0.2) is 54.0 Å². The van der Waals surface area contributed by atoms with Gasteiger partial charge >= 0.3 is 0 Å². The Labute approximate surface area is 354 Å². The summed E-state index contributed by atoms with van der Waals surface area (Å²) in [7, 11) is 0. The number of amides is 5. The van der Waals surface area contributed by atoms with E-state index in [1.54, 1.807) is 16.2 Å². The molecule has 0 aliphatic carbocycles. The van der Waals surface area contributed by atoms with Crippen molar-refractivity contribution in [3.63, 3.8) is 0 Å². The van der Waals surface area contributed by atoms with Gasteiger partial charge in [-0.1, -0.05) is 64.8 Å². The predicted octanol–water partition coefficient (Wildman–Crippen LogP) is 6.15. The van der Waals surface area contributed by atoms with Gasteiger partial charge in [0.25, 0.3) is 5.91 Å². The van der Waals surface area contributed by atoms with E-state index in [0.717, 1.165) is 72.6 Å². The summed E-state index contributed by atoms with van der Waals surface area (Å²) in [5.74, 6) is -0.597. The highest BCUT2D eigenvalue weighted by atomic mass is 32.1. The molecule has 2 saturated heterocycles. The molecule has 3 aromatic rings. The summed E-state index contributed by atoms with van der Waals surface area (Å²) in [6.45, 7) is 15.7. The number of aryl methyl sites for hydroxylation is 1. The van der Waals surface area contributed by atoms with E-state index in [1.165, 1.54) is 0 Å². The van der Waals surface area contributed by atoms with Crippen LogP contribution in [0.1, 0.15) is 120 Å². The van der Waals surface area contributed by atoms with E-state index in [1.807, 2.05) is 100 Å². The molecule has 320 valence electrons. The van der Waals surface area contributed by atoms with Crippen molar-refractivity contribution in [1.82, 2.24) is 36.3 Å². The highest BCUT2D eigenvalue weighted by Gasteiger charge is 2.42. The van der Waals surface area contributed by atoms with Gasteiger partial charge in [-0.3, -0.25) is 29.4 Å². The SMILES string of the molecule is CCCNNC(=O)c1ccc(N2CCN(C(=O)CCCCCCC(=O)N[C@H](C(=O)N3CCC[C@H]3C(=O)N[C@@H](C)c3ccc(-c4scnc4C)cc3)C(C)(C)C)CC2)cc1. The molecule has 3 heterocycles. The highest BCUT2D eigenvalue weighted by Crippen LogP contribution is 2.30. The minimum absolute atomic E-state index is 0.153. The van der Waals surface area contributed by atoms with Crippen LogP contribution in [0.2, 0.25) is 0 Å². The van der Waals surface area contributed by atoms with Crippen LogP contribution in [0.5, 0.6) is 0 Å². The third kappa shape index (κ3) is 12.6. The number of nitrogens with zero attached hydrogens (tertiary/aromatic N) is 4. The van der Waals surface area contributed by atoms with Gasteiger partial charge in [0, 0.05) is 63.4 Å². The van der Waals surface area contributed by atoms with Crippen LogP contribution >= 0.6 is 11.3 Å². The van der Waals surface area contributed by atoms with E-state index < -0.39 is 17.5 Å². The number of carbonyl (C=O) groups excluding carboxylic acids is 5. The number of piperazine rings is 1. The normalized spacial score (nSPS) is 16.7. The molecular formula is C45H64N8O5S. The number of likely N-dealkylation sites (tertiary alicyclic amines) is 1. The molecule has 2 aliphatic heterocycles. The summed E-state index contributed by atoms with van der Waals surface area (Å²) < 4.78 is 0. The van der Waals surface area contributed by atoms with Crippen LogP contribution < -0.4 is 26.4 Å². The first-order valence-corrected chi connectivity index (χ1v) is 22.2. The second-order valence-electron chi connectivity index (χ2n) is 16.9. The Morgan fingerprint density at radius 3 is 2.17 bits per heavy atom. The van der Waals surface area contributed by atoms with Gasteiger partial charge in [-0.15, -0.1) is 11.3 Å². The maximum absolute atomic E-state index is 14.0. The molecular weight excluding hydrogens is 765 g/mol. The number of nitrogens with one attached hydrogen (secondary N) is 4. The van der Waals surface area contributed by atoms with Crippen LogP contribution in [-0.4, -0.2) is 95.7 Å². The Morgan fingerprint density at radius 1 is 0.864 bits per heavy atom. The van der Waals surface area contributed by atoms with Gasteiger partial charge in [-0.05, 0) is 86.8 Å². The molecule has 5 amide bonds. The first kappa shape index (κ1) is 45.3. The predicted molar refractivity (Wildman–Crippen MR) is 234 cm³/mol. The molecule has 5 rings (SSSR count). The van der Waals surface area contributed by atoms with Gasteiger partial charge in [0.05, 0.1) is 22.1 Å². The second kappa shape index (κ2) is 21.4. The topological polar surface area (TPSA) is 156 Å². The Kier molecular flexibility index (Phi) is 16.4. The zero-order valence-corrected chi connectivity index (χ0v) is 36.6. The number of hydrazine groups is 1. The van der Waals surface area contributed by atoms with Crippen LogP contribution in [0.25, 0.3) is 10.4 Å². The zero-order chi connectivity index (χ0) is 42.5. The monoisotopic (exact) mass is 828 g/mol. The molecule has 0 saturated carbocycles. The Morgan fingerprint density at radius 2 is 1.54 bits per heavy atom. The lowest BCUT2D eigenvalue weighted by Crippen LogP contribution is -2.57. The van der Waals surface area contributed by atoms with Crippen LogP contribution in [0, 0.1) is 12.3 Å². The van der Waals surface area contributed by atoms with E-state index in [2.05, 4.69) is 31.4 Å². The summed E-state index contributed by atoms with van der Waals surface area (Å²) >= 11 is 1.60. The number of thiazole rings is 1. The molecule has 59 heavy (non-hydrogen) atoms. The summed E-state index contributed by atoms with van der Waals surface area (Å²) in [5, 5.41) is 6.14. The number of hydrogen-bond donors (Lipinski definition) is 4. The summed E-state index contributed by atoms with van der Waals surface area (Å²) in [6, 6.07) is 14.1. The van der Waals surface area contributed by atoms with E-state index in [9.17, 15) is 24.0 Å². The largest absolute Gasteiger partial charge is 0.368 e. The maximum Gasteiger partial charge on any atom is 0.265 e. The minimum atomic E-state index is -0.764. The van der Waals surface area contributed by atoms with E-state index in [-0.39, 0.29) is 35.6 Å². The molecule has 14 heteroatoms. The first-order valence-electron chi connectivity index (χ1n) is 21.3. The molecule has 0 spiro atoms. The van der Waals surface area contributed by atoms with Gasteiger partial charge in [0.1, 0.15) is 12.1 Å². The average molecular weight is 829 g/mol. The molecule has 0 unspecified atom stereocenters. The van der Waals surface area contributed by atoms with Gasteiger partial charge in [0.2, 0.25) is 23.6 Å². The molecule has 4 N–H and O–H groups in total. The lowest BCUT2D eigenvalue weighted by atomic mass is 9.85. The fourth-order valence-corrected chi connectivity index (χ4v) is 8.51. The minimum Gasteiger partial charge on any atom is -0.368 e. The fraction of sp³-hybridized carbons (Fsp3) is 0.556. The summed E-state index contributed by atoms with van der Waals surface area (Å²) in [4.78, 5) is 77.3. The van der Waals surface area contributed by atoms with Gasteiger partial charge in [-0.25, -0.2) is 10.4 Å². The average Bonchev–Trinajstić information content (AvgIpc) is 3.90. The standard InChI is InChI=1S/C45H64N8O5S/c1-7-24-47-50-42(56)35-20-22-36(23-21-35)51-26-28-52(29-27-51)39(55)15-11-9-8-10-14-38(54)49-41(45(4,5)6)44(58)53-25-12-13-37(53)43(57)48-31(2)33-16-18-34(19-17-33)40-32(3)46-30-59-40/h16-23,30-31,37,41,47H,7-15,24-29H2,1-6H3,(H,48,57)(H,49,54)(H,50,56)/t31-,37-,41+/m0/s1. The zero-order valence-electron chi connectivity index (χ0n) is 35.8. The van der Waals surface area contributed by atoms with Crippen LogP contribution in [0.3, 0.4) is 0 Å². The highest BCUT2D eigenvalue weighted by molar-refractivity contribution is 7.13. The molecule has 13 nitrogen and oxygen atoms in total. The van der Waals surface area contributed by atoms with Crippen molar-refractivity contribution in [2.45, 2.75) is 117 Å². The molecule has 0 bridgehead atoms. The van der Waals surface area contributed by atoms with Gasteiger partial charge in [-0.2, -0.15) is 0 Å². The lowest BCUT2D eigenvalue weighted by molar-refractivity contribution is -0.144. The van der Waals surface area contributed by atoms with E-state index >= 15 is 0 Å². The maximum atomic E-state index is 14.0. The molecule has 3 atom stereocenters. The van der Waals surface area contributed by atoms with Crippen molar-refractivity contribution in [1.29, 1.82) is 0 Å². The van der Waals surface area contributed by atoms with Crippen molar-refractivity contribution in [3.05, 3.63) is 70.9 Å². The molecule has 2 fully saturated rings. The number of hydrogen-bond acceptors (Lipinski definition) is 9. The number of carbonyl (C=O) groups is 5. The van der Waals surface area contributed by atoms with Crippen LogP contribution in [-0.2, 0) is 19.2 Å². The van der Waals surface area contributed by atoms with Crippen molar-refractivity contribution >= 4 is 46.6 Å². The Balaban J connectivity index is 0.998. The Hall–Kier alpha value is -4.82. The number of unbranched alkanes of at least 4 members (excludes halogenated alkanes) is 3. The van der Waals surface area contributed by atoms with E-state index in [4.69, 9.17) is 0 Å². The van der Waals surface area contributed by atoms with Gasteiger partial charge < -0.3 is 25.3 Å². The second-order valence-corrected chi connectivity index (χ2v) is 17.7. The van der Waals surface area contributed by atoms with E-state index in [0.29, 0.717) is 57.4 Å². The third-order valence-electron chi connectivity index (χ3n) is 11.3. The van der Waals surface area contributed by atoms with Gasteiger partial charge in [0.15, 0.2) is 0 Å². The number of anilines is 1. The third-order valence-corrected chi connectivity index (χ3v) is 12.3. The number of benzene rings is 2. The van der Waals surface area contributed by atoms with Crippen molar-refractivity contribution < 1.29 is 24.0 Å². The molecule has 2 aromatic carbocycles. The Bertz CT molecular complexity index is 1870. The molecule has 0 radical (unpaired) electrons. The van der Waals surface area contributed by atoms with Crippen molar-refractivity contribution in [2.75, 3.05) is 44.2 Å². The molecule has 1 aromatic heterocycles. The number of rotatable bonds is 18. The fourth-order valence-electron chi connectivity index (χ4n) is 7.70. The van der Waals surface area contributed by atoms with Crippen LogP contribution in [0.4, 0.5) is 5.69 Å². The molecule has 2 aliphatic rings. The quantitative estimate of drug-likeness (QED) is 0.0880. The lowest BCUT2D eigenvalue weighted by Gasteiger charge is -2.36. The number of aromatic nitrogens is 1. The summed E-state index contributed by atoms with van der Waals surface area (Å²) in [6.07, 6.45) is 6.07.